The van der Waals surface area contributed by atoms with Crippen molar-refractivity contribution >= 4 is 17.2 Å². The zero-order valence-electron chi connectivity index (χ0n) is 10.5. The molecule has 94 valence electrons. The van der Waals surface area contributed by atoms with Gasteiger partial charge < -0.3 is 10.1 Å². The van der Waals surface area contributed by atoms with Crippen molar-refractivity contribution in [2.45, 2.75) is 6.92 Å². The molecule has 4 nitrogen and oxygen atoms in total. The molecule has 2 aromatic rings. The standard InChI is InChI=1S/C13H14N2O2S/c1-8-11(12(16)14-2)18-13(15-8)9-5-4-6-10(7-9)17-3/h4-7H,1-3H3,(H,14,16). The number of methoxy groups -OCH3 is 1. The molecule has 5 heteroatoms. The first-order valence-corrected chi connectivity index (χ1v) is 6.31. The molecule has 2 rings (SSSR count). The van der Waals surface area contributed by atoms with Gasteiger partial charge in [-0.3, -0.25) is 4.79 Å². The summed E-state index contributed by atoms with van der Waals surface area (Å²) in [5, 5.41) is 3.44. The van der Waals surface area contributed by atoms with Crippen LogP contribution in [0.25, 0.3) is 10.6 Å². The molecule has 1 heterocycles. The number of carbonyl (C=O) groups excluding carboxylic acids is 1. The number of aryl methyl sites for hydroxylation is 1. The lowest BCUT2D eigenvalue weighted by molar-refractivity contribution is 0.0966. The lowest BCUT2D eigenvalue weighted by Gasteiger charge is -2.00. The summed E-state index contributed by atoms with van der Waals surface area (Å²) in [6.45, 7) is 1.84. The minimum atomic E-state index is -0.0980. The number of hydrogen-bond donors (Lipinski definition) is 1. The van der Waals surface area contributed by atoms with Gasteiger partial charge in [-0.25, -0.2) is 4.98 Å². The van der Waals surface area contributed by atoms with E-state index >= 15 is 0 Å². The van der Waals surface area contributed by atoms with Crippen molar-refractivity contribution in [2.24, 2.45) is 0 Å². The van der Waals surface area contributed by atoms with E-state index in [9.17, 15) is 4.79 Å². The van der Waals surface area contributed by atoms with Gasteiger partial charge in [-0.15, -0.1) is 11.3 Å². The Balaban J connectivity index is 2.42. The Morgan fingerprint density at radius 3 is 2.89 bits per heavy atom. The van der Waals surface area contributed by atoms with Gasteiger partial charge in [0.15, 0.2) is 0 Å². The summed E-state index contributed by atoms with van der Waals surface area (Å²) in [5.74, 6) is 0.681. The molecule has 0 aliphatic carbocycles. The van der Waals surface area contributed by atoms with Gasteiger partial charge in [0.1, 0.15) is 15.6 Å². The van der Waals surface area contributed by atoms with Crippen LogP contribution in [0.3, 0.4) is 0 Å². The first-order valence-electron chi connectivity index (χ1n) is 5.49. The summed E-state index contributed by atoms with van der Waals surface area (Å²) in [7, 11) is 3.24. The molecule has 0 saturated carbocycles. The van der Waals surface area contributed by atoms with Gasteiger partial charge in [0.2, 0.25) is 0 Å². The predicted octanol–water partition coefficient (Wildman–Crippen LogP) is 2.49. The number of amides is 1. The number of nitrogens with zero attached hydrogens (tertiary/aromatic N) is 1. The molecule has 1 N–H and O–H groups in total. The van der Waals surface area contributed by atoms with Crippen LogP contribution in [-0.2, 0) is 0 Å². The number of aromatic nitrogens is 1. The summed E-state index contributed by atoms with van der Waals surface area (Å²) in [6.07, 6.45) is 0. The lowest BCUT2D eigenvalue weighted by Crippen LogP contribution is -2.17. The highest BCUT2D eigenvalue weighted by atomic mass is 32.1. The molecule has 0 aliphatic heterocycles. The average Bonchev–Trinajstić information content (AvgIpc) is 2.80. The Kier molecular flexibility index (Phi) is 3.62. The highest BCUT2D eigenvalue weighted by molar-refractivity contribution is 7.17. The van der Waals surface area contributed by atoms with E-state index in [0.717, 1.165) is 22.0 Å². The molecule has 0 spiro atoms. The maximum absolute atomic E-state index is 11.6. The van der Waals surface area contributed by atoms with E-state index in [1.807, 2.05) is 31.2 Å². The smallest absolute Gasteiger partial charge is 0.263 e. The number of carbonyl (C=O) groups is 1. The number of benzene rings is 1. The maximum atomic E-state index is 11.6. The van der Waals surface area contributed by atoms with E-state index in [-0.39, 0.29) is 5.91 Å². The van der Waals surface area contributed by atoms with E-state index in [1.165, 1.54) is 11.3 Å². The van der Waals surface area contributed by atoms with Gasteiger partial charge in [0, 0.05) is 12.6 Å². The Morgan fingerprint density at radius 2 is 2.22 bits per heavy atom. The van der Waals surface area contributed by atoms with Crippen molar-refractivity contribution in [3.05, 3.63) is 34.8 Å². The summed E-state index contributed by atoms with van der Waals surface area (Å²) in [6, 6.07) is 7.65. The highest BCUT2D eigenvalue weighted by Gasteiger charge is 2.15. The van der Waals surface area contributed by atoms with Crippen molar-refractivity contribution in [1.82, 2.24) is 10.3 Å². The minimum absolute atomic E-state index is 0.0980. The summed E-state index contributed by atoms with van der Waals surface area (Å²) in [4.78, 5) is 16.7. The molecule has 18 heavy (non-hydrogen) atoms. The predicted molar refractivity (Wildman–Crippen MR) is 72.2 cm³/mol. The van der Waals surface area contributed by atoms with Crippen LogP contribution in [0.1, 0.15) is 15.4 Å². The second-order valence-corrected chi connectivity index (χ2v) is 4.74. The Labute approximate surface area is 110 Å². The van der Waals surface area contributed by atoms with Crippen molar-refractivity contribution < 1.29 is 9.53 Å². The second-order valence-electron chi connectivity index (χ2n) is 3.74. The van der Waals surface area contributed by atoms with Gasteiger partial charge in [-0.1, -0.05) is 12.1 Å². The molecule has 0 fully saturated rings. The minimum Gasteiger partial charge on any atom is -0.497 e. The molecule has 0 unspecified atom stereocenters. The molecule has 1 amide bonds. The van der Waals surface area contributed by atoms with Crippen LogP contribution < -0.4 is 10.1 Å². The van der Waals surface area contributed by atoms with Crippen molar-refractivity contribution in [2.75, 3.05) is 14.2 Å². The molecule has 0 radical (unpaired) electrons. The van der Waals surface area contributed by atoms with Crippen LogP contribution in [0.15, 0.2) is 24.3 Å². The fourth-order valence-corrected chi connectivity index (χ4v) is 2.61. The molecule has 0 saturated heterocycles. The summed E-state index contributed by atoms with van der Waals surface area (Å²) >= 11 is 1.39. The number of rotatable bonds is 3. The fraction of sp³-hybridized carbons (Fsp3) is 0.231. The maximum Gasteiger partial charge on any atom is 0.263 e. The van der Waals surface area contributed by atoms with Crippen molar-refractivity contribution in [3.8, 4) is 16.3 Å². The largest absolute Gasteiger partial charge is 0.497 e. The quantitative estimate of drug-likeness (QED) is 0.924. The third-order valence-corrected chi connectivity index (χ3v) is 3.75. The SMILES string of the molecule is CNC(=O)c1sc(-c2cccc(OC)c2)nc1C. The van der Waals surface area contributed by atoms with E-state index in [0.29, 0.717) is 4.88 Å². The van der Waals surface area contributed by atoms with E-state index in [2.05, 4.69) is 10.3 Å². The average molecular weight is 262 g/mol. The number of nitrogens with one attached hydrogen (secondary N) is 1. The van der Waals surface area contributed by atoms with Gasteiger partial charge in [-0.2, -0.15) is 0 Å². The monoisotopic (exact) mass is 262 g/mol. The Hall–Kier alpha value is -1.88. The number of thiazole rings is 1. The van der Waals surface area contributed by atoms with Crippen LogP contribution in [0.5, 0.6) is 5.75 Å². The highest BCUT2D eigenvalue weighted by Crippen LogP contribution is 2.29. The van der Waals surface area contributed by atoms with Crippen LogP contribution in [0.4, 0.5) is 0 Å². The van der Waals surface area contributed by atoms with Gasteiger partial charge in [0.25, 0.3) is 5.91 Å². The van der Waals surface area contributed by atoms with Crippen molar-refractivity contribution in [1.29, 1.82) is 0 Å². The zero-order chi connectivity index (χ0) is 13.1. The Morgan fingerprint density at radius 1 is 1.44 bits per heavy atom. The summed E-state index contributed by atoms with van der Waals surface area (Å²) in [5.41, 5.74) is 1.70. The topological polar surface area (TPSA) is 51.2 Å². The summed E-state index contributed by atoms with van der Waals surface area (Å²) < 4.78 is 5.18. The van der Waals surface area contributed by atoms with Crippen LogP contribution >= 0.6 is 11.3 Å². The van der Waals surface area contributed by atoms with Crippen LogP contribution in [0, 0.1) is 6.92 Å². The second kappa shape index (κ2) is 5.18. The van der Waals surface area contributed by atoms with E-state index < -0.39 is 0 Å². The van der Waals surface area contributed by atoms with Crippen molar-refractivity contribution in [3.63, 3.8) is 0 Å². The molecule has 1 aromatic carbocycles. The normalized spacial score (nSPS) is 10.2. The third-order valence-electron chi connectivity index (χ3n) is 2.55. The van der Waals surface area contributed by atoms with Gasteiger partial charge in [-0.05, 0) is 19.1 Å². The Bertz CT molecular complexity index is 578. The molecule has 0 atom stereocenters. The van der Waals surface area contributed by atoms with E-state index in [4.69, 9.17) is 4.74 Å². The molecular weight excluding hydrogens is 248 g/mol. The zero-order valence-corrected chi connectivity index (χ0v) is 11.3. The molecular formula is C13H14N2O2S. The third kappa shape index (κ3) is 2.36. The lowest BCUT2D eigenvalue weighted by atomic mass is 10.2. The van der Waals surface area contributed by atoms with Gasteiger partial charge in [0.05, 0.1) is 12.8 Å². The molecule has 0 bridgehead atoms. The first kappa shape index (κ1) is 12.6. The molecule has 1 aromatic heterocycles. The van der Waals surface area contributed by atoms with E-state index in [1.54, 1.807) is 14.2 Å². The van der Waals surface area contributed by atoms with Crippen LogP contribution in [0.2, 0.25) is 0 Å². The first-order chi connectivity index (χ1) is 8.65. The fourth-order valence-electron chi connectivity index (χ4n) is 1.60. The van der Waals surface area contributed by atoms with Crippen LogP contribution in [-0.4, -0.2) is 25.0 Å². The number of hydrogen-bond acceptors (Lipinski definition) is 4. The van der Waals surface area contributed by atoms with Gasteiger partial charge >= 0.3 is 0 Å². The number of ether oxygens (including phenoxy) is 1. The molecule has 0 aliphatic rings.